The maximum atomic E-state index is 12.5. The number of hydrogen-bond donors (Lipinski definition) is 3. The van der Waals surface area contributed by atoms with Crippen LogP contribution in [0, 0.1) is 11.3 Å². The number of hydrogen-bond acceptors (Lipinski definition) is 8. The van der Waals surface area contributed by atoms with Gasteiger partial charge in [-0.25, -0.2) is 14.6 Å². The molecule has 0 aliphatic heterocycles. The maximum absolute atomic E-state index is 12.5. The quantitative estimate of drug-likeness (QED) is 0.197. The molecule has 0 aliphatic carbocycles. The number of anilines is 2. The average Bonchev–Trinajstić information content (AvgIpc) is 3.42. The summed E-state index contributed by atoms with van der Waals surface area (Å²) < 4.78 is 15.8. The van der Waals surface area contributed by atoms with Crippen molar-refractivity contribution < 1.29 is 23.5 Å². The summed E-state index contributed by atoms with van der Waals surface area (Å²) in [5, 5.41) is 16.8. The van der Waals surface area contributed by atoms with Crippen molar-refractivity contribution in [2.75, 3.05) is 43.4 Å². The molecule has 3 aromatic rings. The summed E-state index contributed by atoms with van der Waals surface area (Å²) in [6.07, 6.45) is 2.31. The van der Waals surface area contributed by atoms with Crippen molar-refractivity contribution in [2.24, 2.45) is 0 Å². The highest BCUT2D eigenvalue weighted by atomic mass is 35.5. The molecule has 0 aliphatic rings. The molecule has 0 bridgehead atoms. The molecule has 1 aromatic heterocycles. The van der Waals surface area contributed by atoms with Crippen LogP contribution in [0.2, 0.25) is 0 Å². The number of nitriles is 1. The predicted octanol–water partition coefficient (Wildman–Crippen LogP) is 4.24. The molecule has 11 nitrogen and oxygen atoms in total. The number of alkyl halides is 1. The lowest BCUT2D eigenvalue weighted by molar-refractivity contribution is 0.133. The van der Waals surface area contributed by atoms with Crippen LogP contribution >= 0.6 is 11.6 Å². The number of amides is 3. The molecular weight excluding hydrogens is 488 g/mol. The van der Waals surface area contributed by atoms with Crippen LogP contribution in [0.15, 0.2) is 59.5 Å². The third-order valence-electron chi connectivity index (χ3n) is 4.88. The maximum Gasteiger partial charge on any atom is 0.407 e. The summed E-state index contributed by atoms with van der Waals surface area (Å²) in [5.74, 6) is 1.07. The minimum Gasteiger partial charge on any atom is -0.496 e. The normalized spacial score (nSPS) is 10.4. The first-order chi connectivity index (χ1) is 17.5. The molecule has 3 N–H and O–H groups in total. The molecule has 0 saturated heterocycles. The number of benzene rings is 2. The first-order valence-electron chi connectivity index (χ1n) is 10.8. The molecule has 188 valence electrons. The van der Waals surface area contributed by atoms with Crippen LogP contribution in [0.1, 0.15) is 5.56 Å². The van der Waals surface area contributed by atoms with Crippen LogP contribution in [0.4, 0.5) is 21.0 Å². The van der Waals surface area contributed by atoms with Crippen molar-refractivity contribution in [3.63, 3.8) is 0 Å². The number of urea groups is 1. The van der Waals surface area contributed by atoms with Gasteiger partial charge in [0.25, 0.3) is 0 Å². The van der Waals surface area contributed by atoms with E-state index >= 15 is 0 Å². The number of nitrogens with one attached hydrogen (secondary N) is 3. The highest BCUT2D eigenvalue weighted by Gasteiger charge is 2.12. The van der Waals surface area contributed by atoms with E-state index in [0.29, 0.717) is 35.0 Å². The van der Waals surface area contributed by atoms with Crippen LogP contribution in [-0.4, -0.2) is 54.8 Å². The Morgan fingerprint density at radius 2 is 2.00 bits per heavy atom. The molecule has 2 aromatic carbocycles. The van der Waals surface area contributed by atoms with Crippen molar-refractivity contribution in [3.8, 4) is 23.1 Å². The van der Waals surface area contributed by atoms with Gasteiger partial charge in [-0.05, 0) is 29.8 Å². The Bertz CT molecular complexity index is 1200. The van der Waals surface area contributed by atoms with Gasteiger partial charge >= 0.3 is 12.1 Å². The van der Waals surface area contributed by atoms with E-state index < -0.39 is 12.1 Å². The first-order valence-corrected chi connectivity index (χ1v) is 11.4. The fraction of sp³-hybridized carbons (Fsp3) is 0.250. The standard InChI is InChI=1S/C24H25ClN6O5/c1-34-21-12-19(5-6-20(21)22-14-27-16-36-22)30-23(32)29-18-4-2-3-17(11-18)13-28-24(33)35-10-9-31(15-25)8-7-26/h2-6,11-12,14,16H,8-10,13,15H2,1H3,(H,28,33)(H2,29,30,32). The van der Waals surface area contributed by atoms with Crippen molar-refractivity contribution in [1.82, 2.24) is 15.2 Å². The number of alkyl carbamates (subject to hydrolysis) is 1. The number of carbonyl (C=O) groups excluding carboxylic acids is 2. The van der Waals surface area contributed by atoms with Gasteiger partial charge < -0.3 is 29.8 Å². The Balaban J connectivity index is 1.49. The molecule has 0 fully saturated rings. The lowest BCUT2D eigenvalue weighted by Gasteiger charge is -2.15. The molecule has 12 heteroatoms. The zero-order valence-electron chi connectivity index (χ0n) is 19.5. The molecule has 0 atom stereocenters. The van der Waals surface area contributed by atoms with E-state index in [1.807, 2.05) is 6.07 Å². The van der Waals surface area contributed by atoms with E-state index in [9.17, 15) is 9.59 Å². The van der Waals surface area contributed by atoms with E-state index in [4.69, 9.17) is 30.8 Å². The summed E-state index contributed by atoms with van der Waals surface area (Å²) in [5.41, 5.74) is 2.53. The van der Waals surface area contributed by atoms with Gasteiger partial charge in [-0.1, -0.05) is 12.1 Å². The largest absolute Gasteiger partial charge is 0.496 e. The Hall–Kier alpha value is -4.27. The van der Waals surface area contributed by atoms with Crippen LogP contribution in [-0.2, 0) is 11.3 Å². The second-order valence-corrected chi connectivity index (χ2v) is 7.62. The number of aromatic nitrogens is 1. The minimum absolute atomic E-state index is 0.103. The number of carbonyl (C=O) groups is 2. The Morgan fingerprint density at radius 3 is 2.69 bits per heavy atom. The third kappa shape index (κ3) is 7.90. The summed E-state index contributed by atoms with van der Waals surface area (Å²) in [7, 11) is 1.53. The van der Waals surface area contributed by atoms with Gasteiger partial charge in [-0.2, -0.15) is 5.26 Å². The molecule has 1 heterocycles. The summed E-state index contributed by atoms with van der Waals surface area (Å²) >= 11 is 5.71. The monoisotopic (exact) mass is 512 g/mol. The number of nitrogens with zero attached hydrogens (tertiary/aromatic N) is 3. The number of halogens is 1. The molecule has 0 spiro atoms. The molecule has 3 amide bonds. The Morgan fingerprint density at radius 1 is 1.19 bits per heavy atom. The second-order valence-electron chi connectivity index (χ2n) is 7.38. The van der Waals surface area contributed by atoms with Crippen molar-refractivity contribution >= 4 is 35.1 Å². The lowest BCUT2D eigenvalue weighted by atomic mass is 10.1. The van der Waals surface area contributed by atoms with E-state index in [2.05, 4.69) is 20.9 Å². The average molecular weight is 513 g/mol. The number of oxazole rings is 1. The summed E-state index contributed by atoms with van der Waals surface area (Å²) in [6, 6.07) is 13.9. The SMILES string of the molecule is COc1cc(NC(=O)Nc2cccc(CNC(=O)OCCN(CCl)CC#N)c2)ccc1-c1cnco1. The van der Waals surface area contributed by atoms with E-state index in [1.54, 1.807) is 53.6 Å². The zero-order valence-corrected chi connectivity index (χ0v) is 20.2. The predicted molar refractivity (Wildman–Crippen MR) is 134 cm³/mol. The van der Waals surface area contributed by atoms with Gasteiger partial charge in [0.2, 0.25) is 0 Å². The smallest absolute Gasteiger partial charge is 0.407 e. The topological polar surface area (TPSA) is 142 Å². The number of ether oxygens (including phenoxy) is 2. The van der Waals surface area contributed by atoms with E-state index in [0.717, 1.165) is 5.56 Å². The summed E-state index contributed by atoms with van der Waals surface area (Å²) in [6.45, 7) is 0.816. The van der Waals surface area contributed by atoms with Gasteiger partial charge in [-0.3, -0.25) is 4.90 Å². The molecule has 0 radical (unpaired) electrons. The van der Waals surface area contributed by atoms with Crippen LogP contribution < -0.4 is 20.7 Å². The van der Waals surface area contributed by atoms with Gasteiger partial charge in [0, 0.05) is 30.5 Å². The number of rotatable bonds is 11. The lowest BCUT2D eigenvalue weighted by Crippen LogP contribution is -2.30. The van der Waals surface area contributed by atoms with E-state index in [1.165, 1.54) is 13.5 Å². The molecular formula is C24H25ClN6O5. The summed E-state index contributed by atoms with van der Waals surface area (Å²) in [4.78, 5) is 30.0. The van der Waals surface area contributed by atoms with Crippen molar-refractivity contribution in [3.05, 3.63) is 60.6 Å². The Labute approximate surface area is 212 Å². The third-order valence-corrected chi connectivity index (χ3v) is 5.22. The highest BCUT2D eigenvalue weighted by molar-refractivity contribution is 6.17. The van der Waals surface area contributed by atoms with Crippen molar-refractivity contribution in [1.29, 1.82) is 5.26 Å². The van der Waals surface area contributed by atoms with Gasteiger partial charge in [0.1, 0.15) is 12.4 Å². The van der Waals surface area contributed by atoms with Gasteiger partial charge in [0.15, 0.2) is 12.2 Å². The van der Waals surface area contributed by atoms with Crippen LogP contribution in [0.3, 0.4) is 0 Å². The first kappa shape index (κ1) is 26.3. The fourth-order valence-electron chi connectivity index (χ4n) is 3.15. The molecule has 0 saturated carbocycles. The van der Waals surface area contributed by atoms with E-state index in [-0.39, 0.29) is 25.7 Å². The van der Waals surface area contributed by atoms with Gasteiger partial charge in [-0.15, -0.1) is 11.6 Å². The molecule has 3 rings (SSSR count). The highest BCUT2D eigenvalue weighted by Crippen LogP contribution is 2.32. The minimum atomic E-state index is -0.597. The molecule has 36 heavy (non-hydrogen) atoms. The Kier molecular flexibility index (Phi) is 9.93. The van der Waals surface area contributed by atoms with Crippen LogP contribution in [0.5, 0.6) is 5.75 Å². The zero-order chi connectivity index (χ0) is 25.8. The van der Waals surface area contributed by atoms with Crippen LogP contribution in [0.25, 0.3) is 11.3 Å². The van der Waals surface area contributed by atoms with Crippen molar-refractivity contribution in [2.45, 2.75) is 6.54 Å². The second kappa shape index (κ2) is 13.6. The van der Waals surface area contributed by atoms with Gasteiger partial charge in [0.05, 0.1) is 37.5 Å². The fourth-order valence-corrected chi connectivity index (χ4v) is 3.35. The molecule has 0 unspecified atom stereocenters. The number of methoxy groups -OCH3 is 1.